The molecule has 0 bridgehead atoms. The second kappa shape index (κ2) is 6.44. The number of nitrogens with one attached hydrogen (secondary N) is 1. The van der Waals surface area contributed by atoms with E-state index in [2.05, 4.69) is 37.2 Å². The molecule has 0 saturated carbocycles. The molecule has 0 amide bonds. The van der Waals surface area contributed by atoms with E-state index in [0.717, 1.165) is 11.1 Å². The number of nitro benzene ring substituents is 1. The number of rotatable bonds is 4. The summed E-state index contributed by atoms with van der Waals surface area (Å²) in [5.74, 6) is 0.125. The van der Waals surface area contributed by atoms with E-state index in [1.165, 1.54) is 6.07 Å². The fraction of sp³-hybridized carbons (Fsp3) is 0.143. The Labute approximate surface area is 138 Å². The summed E-state index contributed by atoms with van der Waals surface area (Å²) < 4.78 is 1.12. The molecule has 0 aliphatic rings. The molecule has 0 heterocycles. The number of anilines is 1. The van der Waals surface area contributed by atoms with Crippen molar-refractivity contribution in [3.8, 4) is 5.75 Å². The van der Waals surface area contributed by atoms with E-state index in [0.29, 0.717) is 21.2 Å². The van der Waals surface area contributed by atoms with Gasteiger partial charge in [-0.25, -0.2) is 0 Å². The Kier molecular flexibility index (Phi) is 4.84. The molecule has 0 spiro atoms. The normalized spacial score (nSPS) is 10.4. The van der Waals surface area contributed by atoms with Crippen LogP contribution in [0.1, 0.15) is 11.1 Å². The van der Waals surface area contributed by atoms with Gasteiger partial charge < -0.3 is 10.4 Å². The zero-order valence-electron chi connectivity index (χ0n) is 11.1. The molecule has 0 atom stereocenters. The van der Waals surface area contributed by atoms with Crippen molar-refractivity contribution in [2.24, 2.45) is 0 Å². The number of halogens is 2. The summed E-state index contributed by atoms with van der Waals surface area (Å²) in [6.07, 6.45) is 0. The van der Waals surface area contributed by atoms with Gasteiger partial charge in [-0.1, -0.05) is 6.07 Å². The van der Waals surface area contributed by atoms with Gasteiger partial charge in [0.15, 0.2) is 0 Å². The van der Waals surface area contributed by atoms with Gasteiger partial charge in [-0.15, -0.1) is 0 Å². The van der Waals surface area contributed by atoms with Crippen molar-refractivity contribution in [2.75, 3.05) is 5.32 Å². The molecule has 0 radical (unpaired) electrons. The molecule has 2 rings (SSSR count). The number of phenols is 1. The molecule has 0 saturated heterocycles. The lowest BCUT2D eigenvalue weighted by Gasteiger charge is -2.10. The minimum absolute atomic E-state index is 0.0394. The van der Waals surface area contributed by atoms with Crippen LogP contribution in [0.3, 0.4) is 0 Å². The number of phenolic OH excluding ortho intramolecular Hbond substituents is 1. The second-order valence-corrected chi connectivity index (χ2v) is 6.25. The van der Waals surface area contributed by atoms with E-state index >= 15 is 0 Å². The average Bonchev–Trinajstić information content (AvgIpc) is 2.42. The number of benzene rings is 2. The summed E-state index contributed by atoms with van der Waals surface area (Å²) in [5, 5.41) is 23.7. The molecule has 0 fully saturated rings. The van der Waals surface area contributed by atoms with Gasteiger partial charge in [0.05, 0.1) is 13.9 Å². The molecule has 5 nitrogen and oxygen atoms in total. The number of aryl methyl sites for hydroxylation is 1. The van der Waals surface area contributed by atoms with Crippen molar-refractivity contribution >= 4 is 43.2 Å². The Bertz CT molecular complexity index is 682. The van der Waals surface area contributed by atoms with Crippen molar-refractivity contribution in [3.05, 3.63) is 60.5 Å². The first-order chi connectivity index (χ1) is 9.88. The van der Waals surface area contributed by atoms with Crippen LogP contribution in [0.5, 0.6) is 5.75 Å². The maximum atomic E-state index is 11.0. The third-order valence-corrected chi connectivity index (χ3v) is 4.12. The molecule has 0 aliphatic carbocycles. The van der Waals surface area contributed by atoms with Gasteiger partial charge >= 0.3 is 0 Å². The SMILES string of the molecule is Cc1ccc([N+](=O)[O-])c(NCc2cc(Br)c(O)c(Br)c2)c1. The van der Waals surface area contributed by atoms with Crippen LogP contribution in [0.15, 0.2) is 39.3 Å². The van der Waals surface area contributed by atoms with Gasteiger partial charge in [0.1, 0.15) is 11.4 Å². The monoisotopic (exact) mass is 414 g/mol. The van der Waals surface area contributed by atoms with Crippen LogP contribution in [-0.2, 0) is 6.54 Å². The first-order valence-electron chi connectivity index (χ1n) is 6.04. The van der Waals surface area contributed by atoms with Gasteiger partial charge in [-0.05, 0) is 68.1 Å². The first-order valence-corrected chi connectivity index (χ1v) is 7.63. The maximum absolute atomic E-state index is 11.0. The summed E-state index contributed by atoms with van der Waals surface area (Å²) in [6.45, 7) is 2.28. The molecule has 21 heavy (non-hydrogen) atoms. The molecular formula is C14H12Br2N2O3. The standard InChI is InChI=1S/C14H12Br2N2O3/c1-8-2-3-13(18(20)21)12(4-8)17-7-9-5-10(15)14(19)11(16)6-9/h2-6,17,19H,7H2,1H3. The second-order valence-electron chi connectivity index (χ2n) is 4.54. The molecule has 0 aliphatic heterocycles. The lowest BCUT2D eigenvalue weighted by Crippen LogP contribution is -2.03. The van der Waals surface area contributed by atoms with Gasteiger partial charge in [0.25, 0.3) is 5.69 Å². The highest BCUT2D eigenvalue weighted by atomic mass is 79.9. The topological polar surface area (TPSA) is 75.4 Å². The van der Waals surface area contributed by atoms with E-state index in [4.69, 9.17) is 0 Å². The van der Waals surface area contributed by atoms with Gasteiger partial charge in [0.2, 0.25) is 0 Å². The lowest BCUT2D eigenvalue weighted by atomic mass is 10.1. The number of nitrogens with zero attached hydrogens (tertiary/aromatic N) is 1. The largest absolute Gasteiger partial charge is 0.506 e. The highest BCUT2D eigenvalue weighted by molar-refractivity contribution is 9.11. The number of aromatic hydroxyl groups is 1. The van der Waals surface area contributed by atoms with E-state index < -0.39 is 4.92 Å². The van der Waals surface area contributed by atoms with Gasteiger partial charge in [0, 0.05) is 12.6 Å². The van der Waals surface area contributed by atoms with Crippen LogP contribution in [0.2, 0.25) is 0 Å². The molecular weight excluding hydrogens is 404 g/mol. The number of hydrogen-bond donors (Lipinski definition) is 2. The first kappa shape index (κ1) is 15.8. The van der Waals surface area contributed by atoms with E-state index in [1.54, 1.807) is 24.3 Å². The van der Waals surface area contributed by atoms with Crippen LogP contribution < -0.4 is 5.32 Å². The van der Waals surface area contributed by atoms with Crippen molar-refractivity contribution in [3.63, 3.8) is 0 Å². The van der Waals surface area contributed by atoms with Gasteiger partial charge in [-0.2, -0.15) is 0 Å². The Morgan fingerprint density at radius 1 is 1.24 bits per heavy atom. The molecule has 110 valence electrons. The lowest BCUT2D eigenvalue weighted by molar-refractivity contribution is -0.384. The predicted molar refractivity (Wildman–Crippen MR) is 88.7 cm³/mol. The molecule has 7 heteroatoms. The van der Waals surface area contributed by atoms with Crippen LogP contribution in [-0.4, -0.2) is 10.0 Å². The quantitative estimate of drug-likeness (QED) is 0.558. The van der Waals surface area contributed by atoms with Crippen LogP contribution in [0, 0.1) is 17.0 Å². The third-order valence-electron chi connectivity index (χ3n) is 2.91. The third kappa shape index (κ3) is 3.74. The molecule has 2 N–H and O–H groups in total. The highest BCUT2D eigenvalue weighted by Gasteiger charge is 2.13. The zero-order chi connectivity index (χ0) is 15.6. The summed E-state index contributed by atoms with van der Waals surface area (Å²) in [5.41, 5.74) is 2.33. The Morgan fingerprint density at radius 2 is 1.86 bits per heavy atom. The highest BCUT2D eigenvalue weighted by Crippen LogP contribution is 2.34. The minimum atomic E-state index is -0.412. The number of nitro groups is 1. The Hall–Kier alpha value is -1.60. The summed E-state index contributed by atoms with van der Waals surface area (Å²) >= 11 is 6.51. The predicted octanol–water partition coefficient (Wildman–Crippen LogP) is 4.75. The Balaban J connectivity index is 2.24. The maximum Gasteiger partial charge on any atom is 0.292 e. The van der Waals surface area contributed by atoms with Crippen molar-refractivity contribution in [1.82, 2.24) is 0 Å². The molecule has 2 aromatic rings. The average molecular weight is 416 g/mol. The van der Waals surface area contributed by atoms with Crippen molar-refractivity contribution in [2.45, 2.75) is 13.5 Å². The van der Waals surface area contributed by atoms with E-state index in [1.807, 2.05) is 6.92 Å². The summed E-state index contributed by atoms with van der Waals surface area (Å²) in [7, 11) is 0. The fourth-order valence-electron chi connectivity index (χ4n) is 1.87. The molecule has 0 unspecified atom stereocenters. The smallest absolute Gasteiger partial charge is 0.292 e. The van der Waals surface area contributed by atoms with E-state index in [-0.39, 0.29) is 11.4 Å². The van der Waals surface area contributed by atoms with Crippen molar-refractivity contribution in [1.29, 1.82) is 0 Å². The van der Waals surface area contributed by atoms with Crippen LogP contribution in [0.25, 0.3) is 0 Å². The van der Waals surface area contributed by atoms with Crippen molar-refractivity contribution < 1.29 is 10.0 Å². The van der Waals surface area contributed by atoms with Gasteiger partial charge in [-0.3, -0.25) is 10.1 Å². The van der Waals surface area contributed by atoms with E-state index in [9.17, 15) is 15.2 Å². The minimum Gasteiger partial charge on any atom is -0.506 e. The van der Waals surface area contributed by atoms with Crippen LogP contribution in [0.4, 0.5) is 11.4 Å². The fourth-order valence-corrected chi connectivity index (χ4v) is 3.15. The zero-order valence-corrected chi connectivity index (χ0v) is 14.2. The number of hydrogen-bond acceptors (Lipinski definition) is 4. The molecule has 2 aromatic carbocycles. The van der Waals surface area contributed by atoms with Crippen LogP contribution >= 0.6 is 31.9 Å². The summed E-state index contributed by atoms with van der Waals surface area (Å²) in [4.78, 5) is 10.6. The molecule has 0 aromatic heterocycles. The Morgan fingerprint density at radius 3 is 2.43 bits per heavy atom. The summed E-state index contributed by atoms with van der Waals surface area (Å²) in [6, 6.07) is 8.45.